The maximum atomic E-state index is 10.5. The molecule has 142 valence electrons. The van der Waals surface area contributed by atoms with E-state index in [1.165, 1.54) is 12.8 Å². The topological polar surface area (TPSA) is 66.8 Å². The van der Waals surface area contributed by atoms with Crippen molar-refractivity contribution in [1.82, 2.24) is 0 Å². The van der Waals surface area contributed by atoms with Crippen molar-refractivity contribution < 1.29 is 19.7 Å². The normalized spacial score (nSPS) is 29.8. The third-order valence-corrected chi connectivity index (χ3v) is 5.48. The first-order chi connectivity index (χ1) is 12.1. The number of allylic oxidation sites excluding steroid dienone is 2. The summed E-state index contributed by atoms with van der Waals surface area (Å²) in [7, 11) is 0. The number of carbonyl (C=O) groups is 1. The van der Waals surface area contributed by atoms with Gasteiger partial charge < -0.3 is 14.9 Å². The van der Waals surface area contributed by atoms with Gasteiger partial charge in [0.1, 0.15) is 0 Å². The number of aliphatic hydroxyl groups is 1. The first-order valence-corrected chi connectivity index (χ1v) is 10.0. The van der Waals surface area contributed by atoms with E-state index in [2.05, 4.69) is 25.2 Å². The van der Waals surface area contributed by atoms with E-state index in [0.29, 0.717) is 30.5 Å². The van der Waals surface area contributed by atoms with Crippen molar-refractivity contribution in [2.45, 2.75) is 89.4 Å². The molecular weight excluding hydrogens is 316 g/mol. The molecule has 2 saturated heterocycles. The maximum absolute atomic E-state index is 10.5. The Kier molecular flexibility index (Phi) is 8.70. The van der Waals surface area contributed by atoms with E-state index in [0.717, 1.165) is 38.5 Å². The minimum absolute atomic E-state index is 0.239. The summed E-state index contributed by atoms with van der Waals surface area (Å²) >= 11 is 0. The Balaban J connectivity index is 1.78. The zero-order valence-electron chi connectivity index (χ0n) is 15.5. The van der Waals surface area contributed by atoms with Crippen molar-refractivity contribution in [3.05, 3.63) is 24.3 Å². The molecule has 25 heavy (non-hydrogen) atoms. The molecule has 0 aliphatic carbocycles. The molecule has 0 radical (unpaired) electrons. The number of carboxylic acid groups (broad SMARTS) is 1. The molecule has 0 aromatic carbocycles. The molecule has 5 atom stereocenters. The van der Waals surface area contributed by atoms with Crippen LogP contribution in [-0.2, 0) is 9.53 Å². The van der Waals surface area contributed by atoms with Gasteiger partial charge in [-0.05, 0) is 44.4 Å². The number of fused-ring (bicyclic) bond motifs is 2. The predicted octanol–water partition coefficient (Wildman–Crippen LogP) is 4.48. The Labute approximate surface area is 152 Å². The maximum Gasteiger partial charge on any atom is 0.303 e. The van der Waals surface area contributed by atoms with E-state index in [-0.39, 0.29) is 12.5 Å². The summed E-state index contributed by atoms with van der Waals surface area (Å²) in [4.78, 5) is 10.5. The fourth-order valence-corrected chi connectivity index (χ4v) is 4.09. The van der Waals surface area contributed by atoms with Crippen LogP contribution in [0.15, 0.2) is 24.3 Å². The number of aliphatic carboxylic acids is 1. The largest absolute Gasteiger partial charge is 0.481 e. The molecule has 2 rings (SSSR count). The van der Waals surface area contributed by atoms with E-state index in [4.69, 9.17) is 9.84 Å². The second-order valence-electron chi connectivity index (χ2n) is 7.47. The molecule has 0 aromatic heterocycles. The van der Waals surface area contributed by atoms with Gasteiger partial charge in [-0.1, -0.05) is 50.5 Å². The second-order valence-corrected chi connectivity index (χ2v) is 7.47. The van der Waals surface area contributed by atoms with E-state index in [9.17, 15) is 9.90 Å². The van der Waals surface area contributed by atoms with Crippen LogP contribution in [0.25, 0.3) is 0 Å². The molecule has 2 aliphatic rings. The highest BCUT2D eigenvalue weighted by Gasteiger charge is 2.46. The number of unbranched alkanes of at least 4 members (excludes halogenated alkanes) is 3. The lowest BCUT2D eigenvalue weighted by Crippen LogP contribution is -2.25. The van der Waals surface area contributed by atoms with E-state index < -0.39 is 5.97 Å². The fourth-order valence-electron chi connectivity index (χ4n) is 4.09. The summed E-state index contributed by atoms with van der Waals surface area (Å²) in [6, 6.07) is 0. The summed E-state index contributed by atoms with van der Waals surface area (Å²) in [6.45, 7) is 2.18. The Bertz CT molecular complexity index is 457. The molecule has 2 aliphatic heterocycles. The number of aliphatic hydroxyl groups excluding tert-OH is 1. The van der Waals surface area contributed by atoms with E-state index >= 15 is 0 Å². The molecule has 0 saturated carbocycles. The fraction of sp³-hybridized carbons (Fsp3) is 0.762. The van der Waals surface area contributed by atoms with Crippen LogP contribution in [0.4, 0.5) is 0 Å². The van der Waals surface area contributed by atoms with Gasteiger partial charge in [0, 0.05) is 12.3 Å². The summed E-state index contributed by atoms with van der Waals surface area (Å²) < 4.78 is 6.09. The first kappa shape index (κ1) is 20.2. The summed E-state index contributed by atoms with van der Waals surface area (Å²) in [5.41, 5.74) is 0. The van der Waals surface area contributed by atoms with Crippen molar-refractivity contribution in [2.75, 3.05) is 0 Å². The van der Waals surface area contributed by atoms with Crippen molar-refractivity contribution in [1.29, 1.82) is 0 Å². The van der Waals surface area contributed by atoms with Gasteiger partial charge >= 0.3 is 5.97 Å². The predicted molar refractivity (Wildman–Crippen MR) is 99.4 cm³/mol. The molecular formula is C21H34O4. The van der Waals surface area contributed by atoms with Crippen LogP contribution in [0.5, 0.6) is 0 Å². The molecule has 0 aromatic rings. The zero-order valence-corrected chi connectivity index (χ0v) is 15.5. The average Bonchev–Trinajstić information content (AvgIpc) is 3.17. The van der Waals surface area contributed by atoms with Crippen LogP contribution in [-0.4, -0.2) is 34.5 Å². The molecule has 0 amide bonds. The Morgan fingerprint density at radius 2 is 2.00 bits per heavy atom. The van der Waals surface area contributed by atoms with Gasteiger partial charge in [-0.15, -0.1) is 0 Å². The van der Waals surface area contributed by atoms with Crippen LogP contribution >= 0.6 is 0 Å². The first-order valence-electron chi connectivity index (χ1n) is 10.0. The molecule has 2 heterocycles. The number of hydrogen-bond acceptors (Lipinski definition) is 3. The van der Waals surface area contributed by atoms with Gasteiger partial charge in [0.25, 0.3) is 0 Å². The molecule has 0 spiro atoms. The lowest BCUT2D eigenvalue weighted by molar-refractivity contribution is -0.137. The van der Waals surface area contributed by atoms with Gasteiger partial charge in [-0.3, -0.25) is 4.79 Å². The molecule has 2 N–H and O–H groups in total. The minimum Gasteiger partial charge on any atom is -0.481 e. The average molecular weight is 350 g/mol. The highest BCUT2D eigenvalue weighted by Crippen LogP contribution is 2.45. The Morgan fingerprint density at radius 3 is 2.76 bits per heavy atom. The van der Waals surface area contributed by atoms with Crippen molar-refractivity contribution >= 4 is 5.97 Å². The molecule has 2 unspecified atom stereocenters. The van der Waals surface area contributed by atoms with Gasteiger partial charge in [-0.2, -0.15) is 0 Å². The number of carboxylic acids is 1. The second kappa shape index (κ2) is 10.8. The molecule has 4 nitrogen and oxygen atoms in total. The van der Waals surface area contributed by atoms with Crippen molar-refractivity contribution in [3.8, 4) is 0 Å². The van der Waals surface area contributed by atoms with Gasteiger partial charge in [-0.25, -0.2) is 0 Å². The minimum atomic E-state index is -0.724. The highest BCUT2D eigenvalue weighted by atomic mass is 16.5. The number of rotatable bonds is 12. The van der Waals surface area contributed by atoms with Gasteiger partial charge in [0.2, 0.25) is 0 Å². The quantitative estimate of drug-likeness (QED) is 0.402. The highest BCUT2D eigenvalue weighted by molar-refractivity contribution is 5.66. The van der Waals surface area contributed by atoms with Crippen LogP contribution in [0.3, 0.4) is 0 Å². The van der Waals surface area contributed by atoms with Crippen LogP contribution < -0.4 is 0 Å². The molecule has 4 heteroatoms. The molecule has 2 fully saturated rings. The third kappa shape index (κ3) is 6.59. The molecule has 2 bridgehead atoms. The summed E-state index contributed by atoms with van der Waals surface area (Å²) in [6.07, 6.45) is 18.1. The van der Waals surface area contributed by atoms with Gasteiger partial charge in [0.15, 0.2) is 0 Å². The SMILES string of the molecule is CCCCC[C@H](O)/C=C/[C@H]1C2CCC(O2)[C@@H]1C/C=C\CCCC(=O)O. The van der Waals surface area contributed by atoms with Crippen LogP contribution in [0.2, 0.25) is 0 Å². The van der Waals surface area contributed by atoms with Crippen LogP contribution in [0, 0.1) is 11.8 Å². The number of ether oxygens (including phenoxy) is 1. The van der Waals surface area contributed by atoms with E-state index in [1.54, 1.807) is 0 Å². The summed E-state index contributed by atoms with van der Waals surface area (Å²) in [5, 5.41) is 18.8. The summed E-state index contributed by atoms with van der Waals surface area (Å²) in [5.74, 6) is 0.175. The smallest absolute Gasteiger partial charge is 0.303 e. The lowest BCUT2D eigenvalue weighted by Gasteiger charge is -2.25. The standard InChI is InChI=1S/C21H34O4/c1-2-3-6-9-16(22)12-13-18-17(19-14-15-20(18)25-19)10-7-4-5-8-11-21(23)24/h4,7,12-13,16-20,22H,2-3,5-6,8-11,14-15H2,1H3,(H,23,24)/b7-4-,13-12+/t16-,17+,18+,19?,20?/m0/s1. The zero-order chi connectivity index (χ0) is 18.1. The van der Waals surface area contributed by atoms with Crippen molar-refractivity contribution in [2.24, 2.45) is 11.8 Å². The Hall–Kier alpha value is -1.13. The van der Waals surface area contributed by atoms with Gasteiger partial charge in [0.05, 0.1) is 18.3 Å². The van der Waals surface area contributed by atoms with Crippen LogP contribution in [0.1, 0.15) is 71.1 Å². The van der Waals surface area contributed by atoms with E-state index in [1.807, 2.05) is 6.08 Å². The lowest BCUT2D eigenvalue weighted by atomic mass is 9.77. The third-order valence-electron chi connectivity index (χ3n) is 5.48. The number of hydrogen-bond donors (Lipinski definition) is 2. The Morgan fingerprint density at radius 1 is 1.20 bits per heavy atom. The monoisotopic (exact) mass is 350 g/mol. The van der Waals surface area contributed by atoms with Crippen molar-refractivity contribution in [3.63, 3.8) is 0 Å².